The van der Waals surface area contributed by atoms with Gasteiger partial charge in [0.05, 0.1) is 5.52 Å². The van der Waals surface area contributed by atoms with Gasteiger partial charge < -0.3 is 5.32 Å². The van der Waals surface area contributed by atoms with E-state index in [-0.39, 0.29) is 11.3 Å². The van der Waals surface area contributed by atoms with Crippen molar-refractivity contribution in [3.8, 4) is 10.4 Å². The van der Waals surface area contributed by atoms with Gasteiger partial charge in [-0.3, -0.25) is 0 Å². The molecule has 3 rings (SSSR count). The summed E-state index contributed by atoms with van der Waals surface area (Å²) in [6, 6.07) is 10.6. The van der Waals surface area contributed by atoms with Crippen LogP contribution < -0.4 is 5.32 Å². The van der Waals surface area contributed by atoms with Crippen molar-refractivity contribution in [3.63, 3.8) is 0 Å². The molecule has 0 fully saturated rings. The highest BCUT2D eigenvalue weighted by molar-refractivity contribution is 7.13. The van der Waals surface area contributed by atoms with Crippen molar-refractivity contribution < 1.29 is 0 Å². The van der Waals surface area contributed by atoms with Crippen LogP contribution in [0.1, 0.15) is 13.8 Å². The molecular weight excluding hydrogens is 290 g/mol. The molecule has 0 bridgehead atoms. The van der Waals surface area contributed by atoms with Crippen molar-refractivity contribution in [2.45, 2.75) is 19.9 Å². The summed E-state index contributed by atoms with van der Waals surface area (Å²) in [4.78, 5) is 9.83. The molecule has 3 nitrogen and oxygen atoms in total. The maximum Gasteiger partial charge on any atom is 0.224 e. The summed E-state index contributed by atoms with van der Waals surface area (Å²) in [5.41, 5.74) is 2.03. The highest BCUT2D eigenvalue weighted by Crippen LogP contribution is 2.30. The van der Waals surface area contributed by atoms with E-state index in [1.54, 1.807) is 11.3 Å². The number of anilines is 1. The van der Waals surface area contributed by atoms with E-state index in [0.717, 1.165) is 16.7 Å². The van der Waals surface area contributed by atoms with Gasteiger partial charge in [-0.2, -0.15) is 0 Å². The molecule has 102 valence electrons. The summed E-state index contributed by atoms with van der Waals surface area (Å²) < 4.78 is 0. The van der Waals surface area contributed by atoms with Gasteiger partial charge in [0.15, 0.2) is 0 Å². The summed E-state index contributed by atoms with van der Waals surface area (Å²) in [6.45, 7) is 4.15. The monoisotopic (exact) mass is 303 g/mol. The first-order valence-electron chi connectivity index (χ1n) is 6.41. The lowest BCUT2D eigenvalue weighted by molar-refractivity contribution is 0.890. The van der Waals surface area contributed by atoms with Crippen LogP contribution in [-0.2, 0) is 0 Å². The summed E-state index contributed by atoms with van der Waals surface area (Å²) in [7, 11) is 0. The number of thiophene rings is 1. The Bertz CT molecular complexity index is 738. The number of aromatic nitrogens is 2. The third-order valence-corrected chi connectivity index (χ3v) is 3.99. The van der Waals surface area contributed by atoms with Crippen LogP contribution in [0.15, 0.2) is 35.7 Å². The second-order valence-electron chi connectivity index (χ2n) is 4.85. The molecule has 0 atom stereocenters. The van der Waals surface area contributed by atoms with Crippen LogP contribution in [0, 0.1) is 0 Å². The molecule has 0 saturated heterocycles. The molecule has 5 heteroatoms. The summed E-state index contributed by atoms with van der Waals surface area (Å²) in [5.74, 6) is 0.786. The minimum absolute atomic E-state index is 0.268. The predicted octanol–water partition coefficient (Wildman–Crippen LogP) is 4.83. The third-order valence-electron chi connectivity index (χ3n) is 2.90. The highest BCUT2D eigenvalue weighted by atomic mass is 35.5. The Hall–Kier alpha value is -1.65. The standard InChI is InChI=1S/C15H14ClN3S/c1-9(2)17-14-11-8-10(13-4-3-7-20-13)5-6-12(11)18-15(16)19-14/h3-9H,1-2H3,(H,17,18,19). The van der Waals surface area contributed by atoms with Crippen LogP contribution in [-0.4, -0.2) is 16.0 Å². The number of benzene rings is 1. The van der Waals surface area contributed by atoms with Gasteiger partial charge in [0.2, 0.25) is 5.28 Å². The molecular formula is C15H14ClN3S. The summed E-state index contributed by atoms with van der Waals surface area (Å²) in [5, 5.41) is 6.67. The van der Waals surface area contributed by atoms with Crippen LogP contribution >= 0.6 is 22.9 Å². The van der Waals surface area contributed by atoms with Gasteiger partial charge in [-0.25, -0.2) is 9.97 Å². The van der Waals surface area contributed by atoms with Crippen LogP contribution in [0.2, 0.25) is 5.28 Å². The maximum absolute atomic E-state index is 5.99. The fourth-order valence-corrected chi connectivity index (χ4v) is 2.98. The van der Waals surface area contributed by atoms with Gasteiger partial charge >= 0.3 is 0 Å². The molecule has 1 aromatic carbocycles. The Morgan fingerprint density at radius 1 is 1.20 bits per heavy atom. The fraction of sp³-hybridized carbons (Fsp3) is 0.200. The number of rotatable bonds is 3. The summed E-state index contributed by atoms with van der Waals surface area (Å²) in [6.07, 6.45) is 0. The number of halogens is 1. The van der Waals surface area contributed by atoms with E-state index in [1.807, 2.05) is 6.07 Å². The minimum atomic E-state index is 0.268. The second kappa shape index (κ2) is 5.38. The Kier molecular flexibility index (Phi) is 3.59. The van der Waals surface area contributed by atoms with Crippen LogP contribution in [0.5, 0.6) is 0 Å². The van der Waals surface area contributed by atoms with E-state index in [4.69, 9.17) is 11.6 Å². The predicted molar refractivity (Wildman–Crippen MR) is 86.6 cm³/mol. The molecule has 2 heterocycles. The minimum Gasteiger partial charge on any atom is -0.367 e. The van der Waals surface area contributed by atoms with Crippen LogP contribution in [0.4, 0.5) is 5.82 Å². The molecule has 20 heavy (non-hydrogen) atoms. The molecule has 0 amide bonds. The maximum atomic E-state index is 5.99. The van der Waals surface area contributed by atoms with Crippen molar-refractivity contribution >= 4 is 39.7 Å². The Labute approximate surface area is 126 Å². The van der Waals surface area contributed by atoms with Gasteiger partial charge in [0.25, 0.3) is 0 Å². The van der Waals surface area contributed by atoms with E-state index < -0.39 is 0 Å². The SMILES string of the molecule is CC(C)Nc1nc(Cl)nc2ccc(-c3cccs3)cc12. The zero-order valence-electron chi connectivity index (χ0n) is 11.2. The molecule has 1 N–H and O–H groups in total. The first-order valence-corrected chi connectivity index (χ1v) is 7.67. The number of hydrogen-bond donors (Lipinski definition) is 1. The highest BCUT2D eigenvalue weighted by Gasteiger charge is 2.09. The van der Waals surface area contributed by atoms with Gasteiger partial charge in [-0.1, -0.05) is 12.1 Å². The molecule has 2 aromatic heterocycles. The normalized spacial score (nSPS) is 11.2. The first kappa shape index (κ1) is 13.3. The second-order valence-corrected chi connectivity index (χ2v) is 6.14. The van der Waals surface area contributed by atoms with E-state index in [1.165, 1.54) is 10.4 Å². The zero-order valence-corrected chi connectivity index (χ0v) is 12.8. The largest absolute Gasteiger partial charge is 0.367 e. The quantitative estimate of drug-likeness (QED) is 0.704. The van der Waals surface area contributed by atoms with Crippen LogP contribution in [0.25, 0.3) is 21.3 Å². The smallest absolute Gasteiger partial charge is 0.224 e. The van der Waals surface area contributed by atoms with E-state index in [0.29, 0.717) is 0 Å². The Morgan fingerprint density at radius 2 is 2.05 bits per heavy atom. The lowest BCUT2D eigenvalue weighted by Gasteiger charge is -2.12. The van der Waals surface area contributed by atoms with Crippen molar-refractivity contribution in [3.05, 3.63) is 41.0 Å². The molecule has 0 aliphatic carbocycles. The number of fused-ring (bicyclic) bond motifs is 1. The van der Waals surface area contributed by atoms with Gasteiger partial charge in [-0.05, 0) is 54.6 Å². The lowest BCUT2D eigenvalue weighted by atomic mass is 10.1. The average molecular weight is 304 g/mol. The number of nitrogens with one attached hydrogen (secondary N) is 1. The van der Waals surface area contributed by atoms with E-state index in [2.05, 4.69) is 58.8 Å². The van der Waals surface area contributed by atoms with Crippen molar-refractivity contribution in [1.29, 1.82) is 0 Å². The number of nitrogens with zero attached hydrogens (tertiary/aromatic N) is 2. The fourth-order valence-electron chi connectivity index (χ4n) is 2.08. The molecule has 3 aromatic rings. The first-order chi connectivity index (χ1) is 9.63. The third kappa shape index (κ3) is 2.62. The zero-order chi connectivity index (χ0) is 14.1. The molecule has 0 saturated carbocycles. The van der Waals surface area contributed by atoms with Gasteiger partial charge in [-0.15, -0.1) is 11.3 Å². The topological polar surface area (TPSA) is 37.8 Å². The number of hydrogen-bond acceptors (Lipinski definition) is 4. The van der Waals surface area contributed by atoms with E-state index in [9.17, 15) is 0 Å². The molecule has 0 spiro atoms. The van der Waals surface area contributed by atoms with Crippen molar-refractivity contribution in [1.82, 2.24) is 9.97 Å². The van der Waals surface area contributed by atoms with Crippen molar-refractivity contribution in [2.24, 2.45) is 0 Å². The van der Waals surface area contributed by atoms with Crippen molar-refractivity contribution in [2.75, 3.05) is 5.32 Å². The molecule has 0 aliphatic heterocycles. The molecule has 0 aliphatic rings. The van der Waals surface area contributed by atoms with Gasteiger partial charge in [0, 0.05) is 16.3 Å². The molecule has 0 unspecified atom stereocenters. The summed E-state index contributed by atoms with van der Waals surface area (Å²) >= 11 is 7.71. The van der Waals surface area contributed by atoms with Crippen LogP contribution in [0.3, 0.4) is 0 Å². The lowest BCUT2D eigenvalue weighted by Crippen LogP contribution is -2.11. The Morgan fingerprint density at radius 3 is 2.75 bits per heavy atom. The molecule has 0 radical (unpaired) electrons. The average Bonchev–Trinajstić information content (AvgIpc) is 2.91. The Balaban J connectivity index is 2.18. The van der Waals surface area contributed by atoms with Gasteiger partial charge in [0.1, 0.15) is 5.82 Å². The van der Waals surface area contributed by atoms with E-state index >= 15 is 0 Å².